The van der Waals surface area contributed by atoms with Crippen LogP contribution in [0.1, 0.15) is 25.0 Å². The Kier molecular flexibility index (Phi) is 4.51. The number of hydrogen-bond acceptors (Lipinski definition) is 0. The summed E-state index contributed by atoms with van der Waals surface area (Å²) in [5, 5.41) is 7.83. The molecule has 214 valence electrons. The summed E-state index contributed by atoms with van der Waals surface area (Å²) in [5.74, 6) is 0. The summed E-state index contributed by atoms with van der Waals surface area (Å²) in [4.78, 5) is 0. The zero-order chi connectivity index (χ0) is 30.3. The Morgan fingerprint density at radius 1 is 0.478 bits per heavy atom. The monoisotopic (exact) mass is 584 g/mol. The minimum Gasteiger partial charge on any atom is -0.310 e. The van der Waals surface area contributed by atoms with Gasteiger partial charge in [-0.15, -0.1) is 0 Å². The molecule has 46 heavy (non-hydrogen) atoms. The minimum atomic E-state index is -0.178. The fourth-order valence-electron chi connectivity index (χ4n) is 9.15. The smallest absolute Gasteiger partial charge is 0.247 e. The van der Waals surface area contributed by atoms with Gasteiger partial charge in [-0.3, -0.25) is 0 Å². The average Bonchev–Trinajstić information content (AvgIpc) is 3.60. The molecular weight excluding hydrogens is 555 g/mol. The molecule has 0 bridgehead atoms. The number of nitrogens with zero attached hydrogens (tertiary/aromatic N) is 2. The van der Waals surface area contributed by atoms with Crippen molar-refractivity contribution in [2.75, 3.05) is 0 Å². The van der Waals surface area contributed by atoms with Crippen LogP contribution < -0.4 is 16.4 Å². The first-order valence-electron chi connectivity index (χ1n) is 16.3. The summed E-state index contributed by atoms with van der Waals surface area (Å²) in [7, 11) is 0. The van der Waals surface area contributed by atoms with Crippen LogP contribution in [0.2, 0.25) is 0 Å². The third-order valence-corrected chi connectivity index (χ3v) is 11.1. The second-order valence-electron chi connectivity index (χ2n) is 13.7. The van der Waals surface area contributed by atoms with Gasteiger partial charge in [-0.2, -0.15) is 0 Å². The Bertz CT molecular complexity index is 2780. The number of hydrogen-bond donors (Lipinski definition) is 0. The van der Waals surface area contributed by atoms with Gasteiger partial charge in [0.25, 0.3) is 0 Å². The van der Waals surface area contributed by atoms with Crippen molar-refractivity contribution in [2.45, 2.75) is 19.3 Å². The molecule has 2 aliphatic heterocycles. The van der Waals surface area contributed by atoms with Crippen LogP contribution in [-0.2, 0) is 5.41 Å². The van der Waals surface area contributed by atoms with Crippen molar-refractivity contribution in [1.29, 1.82) is 0 Å². The molecule has 2 aromatic heterocycles. The maximum atomic E-state index is 2.56. The molecule has 0 atom stereocenters. The quantitative estimate of drug-likeness (QED) is 0.171. The fourth-order valence-corrected chi connectivity index (χ4v) is 9.15. The third-order valence-electron chi connectivity index (χ3n) is 11.1. The van der Waals surface area contributed by atoms with Crippen molar-refractivity contribution in [3.05, 3.63) is 151 Å². The second kappa shape index (κ2) is 8.38. The lowest BCUT2D eigenvalue weighted by molar-refractivity contribution is 0.646. The van der Waals surface area contributed by atoms with E-state index in [2.05, 4.69) is 163 Å². The van der Waals surface area contributed by atoms with E-state index >= 15 is 0 Å². The molecule has 9 aromatic rings. The molecule has 0 spiro atoms. The zero-order valence-corrected chi connectivity index (χ0v) is 25.8. The van der Waals surface area contributed by atoms with E-state index in [4.69, 9.17) is 0 Å². The summed E-state index contributed by atoms with van der Waals surface area (Å²) < 4.78 is 5.03. The normalized spacial score (nSPS) is 14.4. The van der Waals surface area contributed by atoms with E-state index in [0.717, 1.165) is 0 Å². The number of fused-ring (bicyclic) bond motifs is 11. The van der Waals surface area contributed by atoms with E-state index in [-0.39, 0.29) is 12.1 Å². The summed E-state index contributed by atoms with van der Waals surface area (Å²) in [5.41, 5.74) is 14.6. The minimum absolute atomic E-state index is 0.162. The van der Waals surface area contributed by atoms with Gasteiger partial charge in [0.1, 0.15) is 0 Å². The SMILES string of the molecule is CC1(C)c2cc3c(cc2B2c4c(cccc41)-n1c4ccccc4c4cccc2c41)c1cc2ccccc2cc1n3-c1ccccc1. The maximum absolute atomic E-state index is 2.56. The molecule has 0 amide bonds. The Labute approximate surface area is 267 Å². The topological polar surface area (TPSA) is 9.86 Å². The molecule has 2 aliphatic rings. The van der Waals surface area contributed by atoms with Gasteiger partial charge in [0.15, 0.2) is 0 Å². The van der Waals surface area contributed by atoms with Gasteiger partial charge in [-0.05, 0) is 75.3 Å². The van der Waals surface area contributed by atoms with Crippen LogP contribution in [0.15, 0.2) is 140 Å². The van der Waals surface area contributed by atoms with Crippen LogP contribution in [-0.4, -0.2) is 15.8 Å². The van der Waals surface area contributed by atoms with E-state index in [9.17, 15) is 0 Å². The van der Waals surface area contributed by atoms with Gasteiger partial charge in [0, 0.05) is 43.9 Å². The summed E-state index contributed by atoms with van der Waals surface area (Å²) >= 11 is 0. The second-order valence-corrected chi connectivity index (χ2v) is 13.7. The zero-order valence-electron chi connectivity index (χ0n) is 25.8. The van der Waals surface area contributed by atoms with Crippen LogP contribution >= 0.6 is 0 Å². The van der Waals surface area contributed by atoms with Crippen molar-refractivity contribution in [3.63, 3.8) is 0 Å². The highest BCUT2D eigenvalue weighted by molar-refractivity contribution is 6.99. The van der Waals surface area contributed by atoms with E-state index in [1.54, 1.807) is 0 Å². The molecule has 0 aliphatic carbocycles. The van der Waals surface area contributed by atoms with Gasteiger partial charge in [0.2, 0.25) is 6.71 Å². The standard InChI is InChI=1S/C43H29BN2/c1-43(2)33-18-11-21-38-41(33)44(35-19-10-17-30-29-16-8-9-20-37(29)46(38)42(30)35)36-24-32-31-22-26-12-6-7-13-27(26)23-39(31)45(40(32)25-34(36)43)28-14-4-3-5-15-28/h3-25H,1-2H3. The van der Waals surface area contributed by atoms with E-state index in [1.807, 2.05) is 0 Å². The molecule has 2 nitrogen and oxygen atoms in total. The Balaban J connectivity index is 1.32. The van der Waals surface area contributed by atoms with Gasteiger partial charge >= 0.3 is 0 Å². The highest BCUT2D eigenvalue weighted by Gasteiger charge is 2.45. The first kappa shape index (κ1) is 24.7. The van der Waals surface area contributed by atoms with Crippen molar-refractivity contribution in [1.82, 2.24) is 9.13 Å². The Morgan fingerprint density at radius 2 is 1.17 bits per heavy atom. The lowest BCUT2D eigenvalue weighted by atomic mass is 9.30. The molecule has 0 saturated heterocycles. The predicted octanol–water partition coefficient (Wildman–Crippen LogP) is 8.50. The summed E-state index contributed by atoms with van der Waals surface area (Å²) in [6, 6.07) is 52.4. The van der Waals surface area contributed by atoms with E-state index in [1.165, 1.54) is 93.3 Å². The third kappa shape index (κ3) is 2.90. The van der Waals surface area contributed by atoms with Crippen molar-refractivity contribution in [2.24, 2.45) is 0 Å². The van der Waals surface area contributed by atoms with Crippen molar-refractivity contribution < 1.29 is 0 Å². The van der Waals surface area contributed by atoms with Crippen molar-refractivity contribution in [3.8, 4) is 11.4 Å². The molecule has 0 saturated carbocycles. The molecular formula is C43H29BN2. The number of benzene rings is 7. The molecule has 4 heterocycles. The van der Waals surface area contributed by atoms with Crippen LogP contribution in [0.25, 0.3) is 65.8 Å². The molecule has 0 unspecified atom stereocenters. The Hall–Kier alpha value is -5.54. The van der Waals surface area contributed by atoms with Crippen LogP contribution in [0.4, 0.5) is 0 Å². The maximum Gasteiger partial charge on any atom is 0.247 e. The van der Waals surface area contributed by atoms with Gasteiger partial charge in [-0.1, -0.05) is 116 Å². The lowest BCUT2D eigenvalue weighted by Crippen LogP contribution is -2.63. The number of rotatable bonds is 1. The van der Waals surface area contributed by atoms with Gasteiger partial charge in [0.05, 0.1) is 16.6 Å². The van der Waals surface area contributed by atoms with Crippen LogP contribution in [0.3, 0.4) is 0 Å². The highest BCUT2D eigenvalue weighted by atomic mass is 15.0. The number of aromatic nitrogens is 2. The summed E-state index contributed by atoms with van der Waals surface area (Å²) in [6.07, 6.45) is 0. The molecule has 11 rings (SSSR count). The molecule has 0 fully saturated rings. The van der Waals surface area contributed by atoms with Crippen LogP contribution in [0.5, 0.6) is 0 Å². The lowest BCUT2D eigenvalue weighted by Gasteiger charge is -2.42. The van der Waals surface area contributed by atoms with Gasteiger partial charge in [-0.25, -0.2) is 0 Å². The highest BCUT2D eigenvalue weighted by Crippen LogP contribution is 2.42. The van der Waals surface area contributed by atoms with E-state index in [0.29, 0.717) is 0 Å². The average molecular weight is 585 g/mol. The van der Waals surface area contributed by atoms with E-state index < -0.39 is 0 Å². The Morgan fingerprint density at radius 3 is 2.04 bits per heavy atom. The first-order chi connectivity index (χ1) is 22.6. The molecule has 0 N–H and O–H groups in total. The summed E-state index contributed by atoms with van der Waals surface area (Å²) in [6.45, 7) is 5.02. The molecule has 7 aromatic carbocycles. The molecule has 0 radical (unpaired) electrons. The number of para-hydroxylation sites is 3. The largest absolute Gasteiger partial charge is 0.310 e. The van der Waals surface area contributed by atoms with Crippen molar-refractivity contribution >= 4 is 77.5 Å². The first-order valence-corrected chi connectivity index (χ1v) is 16.3. The molecule has 3 heteroatoms. The van der Waals surface area contributed by atoms with Crippen LogP contribution in [0, 0.1) is 0 Å². The van der Waals surface area contributed by atoms with Gasteiger partial charge < -0.3 is 9.13 Å². The predicted molar refractivity (Wildman–Crippen MR) is 196 cm³/mol. The fraction of sp³-hybridized carbons (Fsp3) is 0.0698.